The van der Waals surface area contributed by atoms with Gasteiger partial charge in [0.1, 0.15) is 5.75 Å². The van der Waals surface area contributed by atoms with Gasteiger partial charge >= 0.3 is 6.03 Å². The molecule has 0 unspecified atom stereocenters. The van der Waals surface area contributed by atoms with Crippen molar-refractivity contribution in [2.24, 2.45) is 0 Å². The van der Waals surface area contributed by atoms with Gasteiger partial charge in [0.15, 0.2) is 0 Å². The number of aryl methyl sites for hydroxylation is 1. The molecule has 3 rings (SSSR count). The van der Waals surface area contributed by atoms with E-state index in [1.807, 2.05) is 55.5 Å². The highest BCUT2D eigenvalue weighted by molar-refractivity contribution is 5.97. The molecule has 0 bridgehead atoms. The normalized spacial score (nSPS) is 16.5. The molecular formula is C20H23N3O3. The average molecular weight is 353 g/mol. The summed E-state index contributed by atoms with van der Waals surface area (Å²) in [6, 6.07) is 14.9. The van der Waals surface area contributed by atoms with Gasteiger partial charge in [-0.3, -0.25) is 4.79 Å². The van der Waals surface area contributed by atoms with Gasteiger partial charge in [0.05, 0.1) is 13.2 Å². The number of amides is 3. The number of nitrogens with zero attached hydrogens (tertiary/aromatic N) is 1. The van der Waals surface area contributed by atoms with E-state index in [9.17, 15) is 9.59 Å². The lowest BCUT2D eigenvalue weighted by molar-refractivity contribution is -0.117. The number of carbonyl (C=O) groups excluding carboxylic acids is 2. The maximum Gasteiger partial charge on any atom is 0.315 e. The number of ether oxygens (including phenoxy) is 1. The number of nitrogens with one attached hydrogen (secondary N) is 2. The number of urea groups is 1. The van der Waals surface area contributed by atoms with Crippen LogP contribution in [0, 0.1) is 6.92 Å². The Bertz CT molecular complexity index is 789. The molecule has 3 amide bonds. The fourth-order valence-electron chi connectivity index (χ4n) is 2.96. The largest absolute Gasteiger partial charge is 0.497 e. The van der Waals surface area contributed by atoms with Gasteiger partial charge in [-0.2, -0.15) is 0 Å². The van der Waals surface area contributed by atoms with Crippen LogP contribution in [0.4, 0.5) is 10.5 Å². The highest BCUT2D eigenvalue weighted by Crippen LogP contribution is 2.25. The van der Waals surface area contributed by atoms with Crippen molar-refractivity contribution >= 4 is 17.6 Å². The van der Waals surface area contributed by atoms with E-state index in [1.54, 1.807) is 12.0 Å². The molecule has 136 valence electrons. The second kappa shape index (κ2) is 7.91. The molecule has 2 N–H and O–H groups in total. The van der Waals surface area contributed by atoms with E-state index < -0.39 is 0 Å². The quantitative estimate of drug-likeness (QED) is 0.868. The Hall–Kier alpha value is -3.02. The third-order valence-corrected chi connectivity index (χ3v) is 4.40. The molecule has 6 nitrogen and oxygen atoms in total. The molecular weight excluding hydrogens is 330 g/mol. The van der Waals surface area contributed by atoms with Crippen LogP contribution in [0.5, 0.6) is 5.75 Å². The molecule has 1 fully saturated rings. The van der Waals surface area contributed by atoms with Gasteiger partial charge in [0.2, 0.25) is 5.91 Å². The third-order valence-electron chi connectivity index (χ3n) is 4.40. The Morgan fingerprint density at radius 2 is 2.00 bits per heavy atom. The highest BCUT2D eigenvalue weighted by Gasteiger charge is 2.31. The van der Waals surface area contributed by atoms with Crippen LogP contribution >= 0.6 is 0 Å². The SMILES string of the molecule is COc1cccc(N2C[C@@H](NC(=O)NCc3ccc(C)cc3)CC2=O)c1. The molecule has 1 heterocycles. The number of benzene rings is 2. The van der Waals surface area contributed by atoms with Crippen molar-refractivity contribution in [1.29, 1.82) is 0 Å². The number of hydrogen-bond acceptors (Lipinski definition) is 3. The molecule has 2 aromatic carbocycles. The van der Waals surface area contributed by atoms with Gasteiger partial charge in [0, 0.05) is 31.3 Å². The average Bonchev–Trinajstić information content (AvgIpc) is 3.01. The van der Waals surface area contributed by atoms with Gasteiger partial charge in [-0.15, -0.1) is 0 Å². The minimum absolute atomic E-state index is 0.0120. The highest BCUT2D eigenvalue weighted by atomic mass is 16.5. The molecule has 1 aliphatic rings. The first-order valence-corrected chi connectivity index (χ1v) is 8.59. The van der Waals surface area contributed by atoms with Crippen LogP contribution in [-0.4, -0.2) is 31.6 Å². The minimum Gasteiger partial charge on any atom is -0.497 e. The first-order valence-electron chi connectivity index (χ1n) is 8.59. The molecule has 6 heteroatoms. The molecule has 0 aliphatic carbocycles. The Kier molecular flexibility index (Phi) is 5.41. The summed E-state index contributed by atoms with van der Waals surface area (Å²) < 4.78 is 5.20. The number of methoxy groups -OCH3 is 1. The predicted octanol–water partition coefficient (Wildman–Crippen LogP) is 2.61. The Morgan fingerprint density at radius 1 is 1.23 bits per heavy atom. The molecule has 0 aromatic heterocycles. The van der Waals surface area contributed by atoms with Crippen molar-refractivity contribution in [2.45, 2.75) is 25.9 Å². The lowest BCUT2D eigenvalue weighted by Gasteiger charge is -2.18. The van der Waals surface area contributed by atoms with Crippen LogP contribution in [-0.2, 0) is 11.3 Å². The van der Waals surface area contributed by atoms with Gasteiger partial charge < -0.3 is 20.3 Å². The molecule has 1 saturated heterocycles. The van der Waals surface area contributed by atoms with Crippen LogP contribution in [0.2, 0.25) is 0 Å². The van der Waals surface area contributed by atoms with Gasteiger partial charge in [-0.1, -0.05) is 35.9 Å². The first-order chi connectivity index (χ1) is 12.5. The van der Waals surface area contributed by atoms with Gasteiger partial charge in [-0.05, 0) is 24.6 Å². The summed E-state index contributed by atoms with van der Waals surface area (Å²) in [6.07, 6.45) is 0.287. The van der Waals surface area contributed by atoms with Crippen molar-refractivity contribution < 1.29 is 14.3 Å². The zero-order valence-corrected chi connectivity index (χ0v) is 15.0. The molecule has 1 atom stereocenters. The topological polar surface area (TPSA) is 70.7 Å². The second-order valence-electron chi connectivity index (χ2n) is 6.42. The van der Waals surface area contributed by atoms with Crippen LogP contribution in [0.1, 0.15) is 17.5 Å². The summed E-state index contributed by atoms with van der Waals surface area (Å²) in [5.74, 6) is 0.685. The van der Waals surface area contributed by atoms with Crippen LogP contribution < -0.4 is 20.3 Å². The van der Waals surface area contributed by atoms with E-state index in [0.29, 0.717) is 18.8 Å². The molecule has 26 heavy (non-hydrogen) atoms. The Balaban J connectivity index is 1.53. The molecule has 0 saturated carbocycles. The zero-order chi connectivity index (χ0) is 18.5. The summed E-state index contributed by atoms with van der Waals surface area (Å²) >= 11 is 0. The molecule has 0 spiro atoms. The van der Waals surface area contributed by atoms with Crippen molar-refractivity contribution in [3.8, 4) is 5.75 Å². The fourth-order valence-corrected chi connectivity index (χ4v) is 2.96. The predicted molar refractivity (Wildman–Crippen MR) is 100 cm³/mol. The number of hydrogen-bond donors (Lipinski definition) is 2. The van der Waals surface area contributed by atoms with Crippen molar-refractivity contribution in [2.75, 3.05) is 18.6 Å². The smallest absolute Gasteiger partial charge is 0.315 e. The third kappa shape index (κ3) is 4.33. The van der Waals surface area contributed by atoms with E-state index in [4.69, 9.17) is 4.74 Å². The van der Waals surface area contributed by atoms with Crippen molar-refractivity contribution in [1.82, 2.24) is 10.6 Å². The summed E-state index contributed by atoms with van der Waals surface area (Å²) in [5, 5.41) is 5.71. The van der Waals surface area contributed by atoms with Crippen LogP contribution in [0.25, 0.3) is 0 Å². The summed E-state index contributed by atoms with van der Waals surface area (Å²) in [4.78, 5) is 26.1. The summed E-state index contributed by atoms with van der Waals surface area (Å²) in [5.41, 5.74) is 2.99. The second-order valence-corrected chi connectivity index (χ2v) is 6.42. The summed E-state index contributed by atoms with van der Waals surface area (Å²) in [6.45, 7) is 2.92. The number of anilines is 1. The lowest BCUT2D eigenvalue weighted by Crippen LogP contribution is -2.43. The fraction of sp³-hybridized carbons (Fsp3) is 0.300. The minimum atomic E-state index is -0.268. The monoisotopic (exact) mass is 353 g/mol. The van der Waals surface area contributed by atoms with Gasteiger partial charge in [0.25, 0.3) is 0 Å². The lowest BCUT2D eigenvalue weighted by atomic mass is 10.1. The van der Waals surface area contributed by atoms with E-state index in [0.717, 1.165) is 11.3 Å². The maximum atomic E-state index is 12.3. The van der Waals surface area contributed by atoms with Crippen molar-refractivity contribution in [3.05, 3.63) is 59.7 Å². The number of carbonyl (C=O) groups is 2. The van der Waals surface area contributed by atoms with E-state index in [2.05, 4.69) is 10.6 Å². The van der Waals surface area contributed by atoms with E-state index in [-0.39, 0.29) is 24.4 Å². The van der Waals surface area contributed by atoms with E-state index >= 15 is 0 Å². The Morgan fingerprint density at radius 3 is 2.73 bits per heavy atom. The van der Waals surface area contributed by atoms with Gasteiger partial charge in [-0.25, -0.2) is 4.79 Å². The Labute approximate surface area is 153 Å². The standard InChI is InChI=1S/C20H23N3O3/c1-14-6-8-15(9-7-14)12-21-20(25)22-16-10-19(24)23(13-16)17-4-3-5-18(11-17)26-2/h3-9,11,16H,10,12-13H2,1-2H3,(H2,21,22,25)/t16-/m0/s1. The first kappa shape index (κ1) is 17.8. The maximum absolute atomic E-state index is 12.3. The van der Waals surface area contributed by atoms with Crippen LogP contribution in [0.15, 0.2) is 48.5 Å². The molecule has 2 aromatic rings. The van der Waals surface area contributed by atoms with Crippen molar-refractivity contribution in [3.63, 3.8) is 0 Å². The molecule has 0 radical (unpaired) electrons. The zero-order valence-electron chi connectivity index (χ0n) is 15.0. The van der Waals surface area contributed by atoms with Crippen LogP contribution in [0.3, 0.4) is 0 Å². The van der Waals surface area contributed by atoms with E-state index in [1.165, 1.54) is 5.56 Å². The number of rotatable bonds is 5. The summed E-state index contributed by atoms with van der Waals surface area (Å²) in [7, 11) is 1.59. The molecule has 1 aliphatic heterocycles.